The Hall–Kier alpha value is -2.45. The van der Waals surface area contributed by atoms with E-state index in [9.17, 15) is 14.4 Å². The summed E-state index contributed by atoms with van der Waals surface area (Å²) in [5, 5.41) is 0.863. The van der Waals surface area contributed by atoms with Gasteiger partial charge in [-0.15, -0.1) is 0 Å². The summed E-state index contributed by atoms with van der Waals surface area (Å²) in [7, 11) is 0. The quantitative estimate of drug-likeness (QED) is 0.476. The van der Waals surface area contributed by atoms with Gasteiger partial charge in [0.2, 0.25) is 11.8 Å². The molecule has 0 bridgehead atoms. The van der Waals surface area contributed by atoms with Crippen LogP contribution in [0.3, 0.4) is 0 Å². The molecule has 4 rings (SSSR count). The lowest BCUT2D eigenvalue weighted by Gasteiger charge is -2.32. The van der Waals surface area contributed by atoms with E-state index in [0.717, 1.165) is 18.4 Å². The molecule has 2 aromatic rings. The second-order valence-electron chi connectivity index (χ2n) is 10.1. The number of hydrogen-bond donors (Lipinski definition) is 2. The van der Waals surface area contributed by atoms with Gasteiger partial charge in [0.25, 0.3) is 0 Å². The minimum absolute atomic E-state index is 0.104. The van der Waals surface area contributed by atoms with Gasteiger partial charge in [0, 0.05) is 31.6 Å². The lowest BCUT2D eigenvalue weighted by atomic mass is 9.98. The van der Waals surface area contributed by atoms with Crippen LogP contribution in [0.4, 0.5) is 0 Å². The minimum Gasteiger partial charge on any atom is -0.370 e. The number of carbonyl (C=O) groups excluding carboxylic acids is 3. The Morgan fingerprint density at radius 2 is 1.78 bits per heavy atom. The third kappa shape index (κ3) is 6.90. The van der Waals surface area contributed by atoms with E-state index in [1.54, 1.807) is 17.0 Å². The Morgan fingerprint density at radius 3 is 2.49 bits per heavy atom. The first-order chi connectivity index (χ1) is 17.7. The summed E-state index contributed by atoms with van der Waals surface area (Å²) in [6.45, 7) is 1.05. The van der Waals surface area contributed by atoms with Crippen LogP contribution >= 0.6 is 23.2 Å². The lowest BCUT2D eigenvalue weighted by Crippen LogP contribution is -2.51. The zero-order chi connectivity index (χ0) is 26.5. The van der Waals surface area contributed by atoms with Gasteiger partial charge in [0.1, 0.15) is 0 Å². The Balaban J connectivity index is 1.50. The van der Waals surface area contributed by atoms with Crippen molar-refractivity contribution >= 4 is 40.8 Å². The first-order valence-corrected chi connectivity index (χ1v) is 13.6. The molecule has 0 radical (unpaired) electrons. The predicted molar refractivity (Wildman–Crippen MR) is 145 cm³/mol. The highest BCUT2D eigenvalue weighted by Gasteiger charge is 2.45. The van der Waals surface area contributed by atoms with Crippen molar-refractivity contribution in [1.82, 2.24) is 9.80 Å². The number of carbonyl (C=O) groups is 3. The first kappa shape index (κ1) is 27.6. The number of ketones is 1. The second kappa shape index (κ2) is 12.4. The van der Waals surface area contributed by atoms with E-state index in [0.29, 0.717) is 42.4 Å². The smallest absolute Gasteiger partial charge is 0.240 e. The maximum atomic E-state index is 13.8. The molecule has 0 aliphatic carbocycles. The molecule has 198 valence electrons. The highest BCUT2D eigenvalue weighted by Crippen LogP contribution is 2.30. The van der Waals surface area contributed by atoms with E-state index in [2.05, 4.69) is 17.0 Å². The van der Waals surface area contributed by atoms with Crippen molar-refractivity contribution in [1.29, 1.82) is 0 Å². The van der Waals surface area contributed by atoms with E-state index in [-0.39, 0.29) is 36.6 Å². The maximum Gasteiger partial charge on any atom is 0.240 e. The molecule has 4 N–H and O–H groups in total. The number of amides is 2. The number of halogens is 2. The average molecular weight is 546 g/mol. The SMILES string of the molecule is NC(=O)C[C@H](C(=O)CCc1ccc(Cl)c(Cl)c1)N1CCC(CCc2ccccc2)N2C[C@H](N)C[C@H]2C1=O. The van der Waals surface area contributed by atoms with Gasteiger partial charge in [0.05, 0.1) is 28.5 Å². The largest absolute Gasteiger partial charge is 0.370 e. The second-order valence-corrected chi connectivity index (χ2v) is 10.9. The fourth-order valence-corrected chi connectivity index (χ4v) is 5.93. The summed E-state index contributed by atoms with van der Waals surface area (Å²) >= 11 is 12.1. The molecule has 4 atom stereocenters. The van der Waals surface area contributed by atoms with Crippen LogP contribution in [0.5, 0.6) is 0 Å². The summed E-state index contributed by atoms with van der Waals surface area (Å²) in [5.74, 6) is -0.926. The van der Waals surface area contributed by atoms with Crippen molar-refractivity contribution < 1.29 is 14.4 Å². The number of rotatable bonds is 10. The van der Waals surface area contributed by atoms with E-state index in [1.807, 2.05) is 24.3 Å². The minimum atomic E-state index is -0.890. The van der Waals surface area contributed by atoms with Crippen molar-refractivity contribution in [3.63, 3.8) is 0 Å². The van der Waals surface area contributed by atoms with Crippen molar-refractivity contribution in [2.24, 2.45) is 11.5 Å². The van der Waals surface area contributed by atoms with Crippen LogP contribution in [0.25, 0.3) is 0 Å². The Labute approximate surface area is 228 Å². The van der Waals surface area contributed by atoms with Crippen molar-refractivity contribution in [2.75, 3.05) is 13.1 Å². The molecule has 2 fully saturated rings. The number of Topliss-reactive ketones (excluding diaryl/α,β-unsaturated/α-hetero) is 1. The molecule has 0 spiro atoms. The predicted octanol–water partition coefficient (Wildman–Crippen LogP) is 3.37. The molecule has 7 nitrogen and oxygen atoms in total. The third-order valence-corrected chi connectivity index (χ3v) is 8.25. The molecule has 2 aliphatic rings. The van der Waals surface area contributed by atoms with E-state index in [1.165, 1.54) is 5.56 Å². The van der Waals surface area contributed by atoms with Crippen LogP contribution in [0.2, 0.25) is 10.0 Å². The van der Waals surface area contributed by atoms with Crippen LogP contribution in [0.15, 0.2) is 48.5 Å². The van der Waals surface area contributed by atoms with Crippen LogP contribution in [-0.2, 0) is 27.2 Å². The molecule has 1 unspecified atom stereocenters. The number of hydrogen-bond acceptors (Lipinski definition) is 5. The van der Waals surface area contributed by atoms with Crippen molar-refractivity contribution in [3.8, 4) is 0 Å². The molecule has 2 saturated heterocycles. The van der Waals surface area contributed by atoms with Gasteiger partial charge < -0.3 is 16.4 Å². The van der Waals surface area contributed by atoms with Gasteiger partial charge in [0.15, 0.2) is 5.78 Å². The first-order valence-electron chi connectivity index (χ1n) is 12.8. The van der Waals surface area contributed by atoms with Gasteiger partial charge in [-0.3, -0.25) is 19.3 Å². The third-order valence-electron chi connectivity index (χ3n) is 7.51. The van der Waals surface area contributed by atoms with Crippen LogP contribution < -0.4 is 11.5 Å². The molecule has 0 saturated carbocycles. The Morgan fingerprint density at radius 1 is 1.03 bits per heavy atom. The molecule has 0 aromatic heterocycles. The molecular formula is C28H34Cl2N4O3. The van der Waals surface area contributed by atoms with Crippen molar-refractivity contribution in [3.05, 3.63) is 69.7 Å². The fourth-order valence-electron chi connectivity index (χ4n) is 5.61. The maximum absolute atomic E-state index is 13.8. The van der Waals surface area contributed by atoms with E-state index in [4.69, 9.17) is 34.7 Å². The molecule has 2 aliphatic heterocycles. The highest BCUT2D eigenvalue weighted by atomic mass is 35.5. The summed E-state index contributed by atoms with van der Waals surface area (Å²) in [6, 6.07) is 14.3. The summed E-state index contributed by atoms with van der Waals surface area (Å²) in [5.41, 5.74) is 14.0. The number of nitrogens with zero attached hydrogens (tertiary/aromatic N) is 2. The molecule has 2 aromatic carbocycles. The molecule has 2 heterocycles. The summed E-state index contributed by atoms with van der Waals surface area (Å²) in [4.78, 5) is 43.0. The van der Waals surface area contributed by atoms with Crippen LogP contribution in [0, 0.1) is 0 Å². The zero-order valence-corrected chi connectivity index (χ0v) is 22.3. The standard InChI is InChI=1S/C28H34Cl2N4O3/c29-22-10-7-19(14-23(22)30)8-11-26(35)24(16-27(32)36)33-13-12-21(9-6-18-4-2-1-3-5-18)34-17-20(31)15-25(34)28(33)37/h1-5,7,10,14,20-21,24-25H,6,8-9,11-13,15-17,31H2,(H2,32,36)/t20-,21?,24-,25+/m1/s1. The van der Waals surface area contributed by atoms with Gasteiger partial charge in [-0.2, -0.15) is 0 Å². The Kier molecular flexibility index (Phi) is 9.24. The molecule has 9 heteroatoms. The highest BCUT2D eigenvalue weighted by molar-refractivity contribution is 6.42. The van der Waals surface area contributed by atoms with Crippen LogP contribution in [-0.4, -0.2) is 64.7 Å². The normalized spacial score (nSPS) is 22.9. The van der Waals surface area contributed by atoms with Crippen LogP contribution in [0.1, 0.15) is 43.2 Å². The lowest BCUT2D eigenvalue weighted by molar-refractivity contribution is -0.143. The summed E-state index contributed by atoms with van der Waals surface area (Å²) in [6.07, 6.45) is 3.41. The molecule has 37 heavy (non-hydrogen) atoms. The Bertz CT molecular complexity index is 1130. The monoisotopic (exact) mass is 544 g/mol. The average Bonchev–Trinajstić information content (AvgIpc) is 3.22. The number of aryl methyl sites for hydroxylation is 2. The number of benzene rings is 2. The number of primary amides is 1. The molecule has 2 amide bonds. The summed E-state index contributed by atoms with van der Waals surface area (Å²) < 4.78 is 0. The number of fused-ring (bicyclic) bond motifs is 1. The topological polar surface area (TPSA) is 110 Å². The zero-order valence-electron chi connectivity index (χ0n) is 20.8. The van der Waals surface area contributed by atoms with Gasteiger partial charge in [-0.05, 0) is 55.4 Å². The molecular weight excluding hydrogens is 511 g/mol. The van der Waals surface area contributed by atoms with Gasteiger partial charge >= 0.3 is 0 Å². The van der Waals surface area contributed by atoms with Gasteiger partial charge in [-0.1, -0.05) is 59.6 Å². The van der Waals surface area contributed by atoms with Gasteiger partial charge in [-0.25, -0.2) is 0 Å². The number of nitrogens with two attached hydrogens (primary N) is 2. The van der Waals surface area contributed by atoms with Crippen molar-refractivity contribution in [2.45, 2.75) is 69.1 Å². The van der Waals surface area contributed by atoms with E-state index >= 15 is 0 Å². The van der Waals surface area contributed by atoms with E-state index < -0.39 is 18.0 Å². The fraction of sp³-hybridized carbons (Fsp3) is 0.464.